The Bertz CT molecular complexity index is 487. The van der Waals surface area contributed by atoms with Crippen molar-refractivity contribution in [1.82, 2.24) is 4.90 Å². The molecular formula is C12H11F3N2O2. The summed E-state index contributed by atoms with van der Waals surface area (Å²) in [4.78, 5) is 24.8. The molecule has 0 radical (unpaired) electrons. The Kier molecular flexibility index (Phi) is 3.46. The first kappa shape index (κ1) is 13.4. The van der Waals surface area contributed by atoms with Gasteiger partial charge < -0.3 is 0 Å². The maximum Gasteiger partial charge on any atom is 0.406 e. The summed E-state index contributed by atoms with van der Waals surface area (Å²) in [5.74, 6) is -0.797. The van der Waals surface area contributed by atoms with Crippen LogP contribution in [-0.4, -0.2) is 36.1 Å². The summed E-state index contributed by atoms with van der Waals surface area (Å²) in [5, 5.41) is 0. The highest BCUT2D eigenvalue weighted by molar-refractivity contribution is 6.05. The summed E-state index contributed by atoms with van der Waals surface area (Å²) in [6, 6.07) is 7.37. The van der Waals surface area contributed by atoms with Gasteiger partial charge in [0, 0.05) is 18.7 Å². The number of alkyl halides is 3. The molecule has 0 N–H and O–H groups in total. The monoisotopic (exact) mass is 272 g/mol. The van der Waals surface area contributed by atoms with Crippen LogP contribution in [0.2, 0.25) is 0 Å². The van der Waals surface area contributed by atoms with Gasteiger partial charge >= 0.3 is 12.2 Å². The van der Waals surface area contributed by atoms with Crippen LogP contribution in [0.3, 0.4) is 0 Å². The average molecular weight is 272 g/mol. The quantitative estimate of drug-likeness (QED) is 0.829. The fourth-order valence-corrected chi connectivity index (χ4v) is 1.87. The number of hydrogen-bond acceptors (Lipinski definition) is 2. The fraction of sp³-hybridized carbons (Fsp3) is 0.333. The largest absolute Gasteiger partial charge is 0.406 e. The molecule has 4 nitrogen and oxygen atoms in total. The van der Waals surface area contributed by atoms with E-state index in [1.807, 2.05) is 0 Å². The molecule has 1 heterocycles. The van der Waals surface area contributed by atoms with Crippen molar-refractivity contribution in [2.45, 2.75) is 12.6 Å². The molecular weight excluding hydrogens is 261 g/mol. The van der Waals surface area contributed by atoms with E-state index in [-0.39, 0.29) is 17.9 Å². The Morgan fingerprint density at radius 1 is 1.11 bits per heavy atom. The first-order valence-corrected chi connectivity index (χ1v) is 5.62. The van der Waals surface area contributed by atoms with Crippen LogP contribution in [0.25, 0.3) is 0 Å². The van der Waals surface area contributed by atoms with Gasteiger partial charge in [-0.05, 0) is 12.1 Å². The Balaban J connectivity index is 2.21. The number of rotatable bonds is 2. The molecule has 7 heteroatoms. The topological polar surface area (TPSA) is 40.6 Å². The molecule has 1 fully saturated rings. The van der Waals surface area contributed by atoms with Crippen LogP contribution in [0.1, 0.15) is 6.42 Å². The first-order valence-electron chi connectivity index (χ1n) is 5.62. The maximum atomic E-state index is 12.4. The number of para-hydroxylation sites is 1. The second kappa shape index (κ2) is 4.91. The van der Waals surface area contributed by atoms with E-state index in [1.54, 1.807) is 30.3 Å². The van der Waals surface area contributed by atoms with Gasteiger partial charge in [0.15, 0.2) is 0 Å². The van der Waals surface area contributed by atoms with Gasteiger partial charge in [-0.1, -0.05) is 18.2 Å². The second-order valence-electron chi connectivity index (χ2n) is 4.11. The summed E-state index contributed by atoms with van der Waals surface area (Å²) >= 11 is 0. The number of carbonyl (C=O) groups excluding carboxylic acids is 2. The van der Waals surface area contributed by atoms with E-state index in [0.29, 0.717) is 5.69 Å². The lowest BCUT2D eigenvalue weighted by molar-refractivity contribution is -0.155. The number of anilines is 1. The van der Waals surface area contributed by atoms with Gasteiger partial charge in [0.05, 0.1) is 0 Å². The van der Waals surface area contributed by atoms with Crippen LogP contribution in [0.15, 0.2) is 30.3 Å². The lowest BCUT2D eigenvalue weighted by Crippen LogP contribution is -2.55. The Morgan fingerprint density at radius 3 is 2.32 bits per heavy atom. The molecule has 3 amide bonds. The third-order valence-corrected chi connectivity index (χ3v) is 2.72. The van der Waals surface area contributed by atoms with E-state index in [2.05, 4.69) is 0 Å². The van der Waals surface area contributed by atoms with Crippen LogP contribution in [0.5, 0.6) is 0 Å². The van der Waals surface area contributed by atoms with Crippen LogP contribution < -0.4 is 4.90 Å². The van der Waals surface area contributed by atoms with Crippen LogP contribution >= 0.6 is 0 Å². The molecule has 0 saturated carbocycles. The van der Waals surface area contributed by atoms with Crippen LogP contribution in [0.4, 0.5) is 23.7 Å². The van der Waals surface area contributed by atoms with E-state index in [0.717, 1.165) is 0 Å². The number of carbonyl (C=O) groups is 2. The highest BCUT2D eigenvalue weighted by Gasteiger charge is 2.40. The van der Waals surface area contributed by atoms with Crippen molar-refractivity contribution < 1.29 is 22.8 Å². The minimum Gasteiger partial charge on any atom is -0.293 e. The Labute approximate surface area is 107 Å². The highest BCUT2D eigenvalue weighted by Crippen LogP contribution is 2.24. The van der Waals surface area contributed by atoms with Crippen molar-refractivity contribution in [3.63, 3.8) is 0 Å². The standard InChI is InChI=1S/C12H11F3N2O2/c13-12(14,15)8-17-10(18)6-7-16(11(17)19)9-4-2-1-3-5-9/h1-5H,6-8H2. The zero-order valence-electron chi connectivity index (χ0n) is 9.85. The molecule has 1 saturated heterocycles. The van der Waals surface area contributed by atoms with E-state index in [1.165, 1.54) is 4.90 Å². The highest BCUT2D eigenvalue weighted by atomic mass is 19.4. The van der Waals surface area contributed by atoms with Crippen molar-refractivity contribution in [2.24, 2.45) is 0 Å². The first-order chi connectivity index (χ1) is 8.88. The summed E-state index contributed by atoms with van der Waals surface area (Å²) in [5.41, 5.74) is 0.479. The number of benzene rings is 1. The predicted octanol–water partition coefficient (Wildman–Crippen LogP) is 2.41. The van der Waals surface area contributed by atoms with E-state index >= 15 is 0 Å². The number of imide groups is 1. The molecule has 0 atom stereocenters. The fourth-order valence-electron chi connectivity index (χ4n) is 1.87. The maximum absolute atomic E-state index is 12.4. The summed E-state index contributed by atoms with van der Waals surface area (Å²) in [7, 11) is 0. The van der Waals surface area contributed by atoms with E-state index < -0.39 is 24.7 Å². The Hall–Kier alpha value is -2.05. The van der Waals surface area contributed by atoms with Crippen LogP contribution in [0, 0.1) is 0 Å². The number of urea groups is 1. The molecule has 1 aromatic carbocycles. The van der Waals surface area contributed by atoms with Crippen LogP contribution in [-0.2, 0) is 4.79 Å². The van der Waals surface area contributed by atoms with Crippen molar-refractivity contribution in [3.8, 4) is 0 Å². The molecule has 2 rings (SSSR count). The van der Waals surface area contributed by atoms with Gasteiger partial charge in [-0.2, -0.15) is 13.2 Å². The van der Waals surface area contributed by atoms with E-state index in [4.69, 9.17) is 0 Å². The van der Waals surface area contributed by atoms with Gasteiger partial charge in [0.25, 0.3) is 0 Å². The van der Waals surface area contributed by atoms with Gasteiger partial charge in [-0.25, -0.2) is 4.79 Å². The lowest BCUT2D eigenvalue weighted by atomic mass is 10.2. The van der Waals surface area contributed by atoms with Crippen molar-refractivity contribution in [3.05, 3.63) is 30.3 Å². The third kappa shape index (κ3) is 3.04. The molecule has 1 aromatic rings. The second-order valence-corrected chi connectivity index (χ2v) is 4.11. The molecule has 19 heavy (non-hydrogen) atoms. The molecule has 0 unspecified atom stereocenters. The number of hydrogen-bond donors (Lipinski definition) is 0. The van der Waals surface area contributed by atoms with E-state index in [9.17, 15) is 22.8 Å². The molecule has 0 bridgehead atoms. The molecule has 1 aliphatic heterocycles. The number of amides is 3. The average Bonchev–Trinajstić information content (AvgIpc) is 2.34. The van der Waals surface area contributed by atoms with Gasteiger partial charge in [0.2, 0.25) is 5.91 Å². The summed E-state index contributed by atoms with van der Waals surface area (Å²) < 4.78 is 37.1. The zero-order chi connectivity index (χ0) is 14.0. The molecule has 102 valence electrons. The molecule has 0 aromatic heterocycles. The van der Waals surface area contributed by atoms with Gasteiger partial charge in [-0.15, -0.1) is 0 Å². The minimum absolute atomic E-state index is 0.0933. The normalized spacial score (nSPS) is 17.0. The lowest BCUT2D eigenvalue weighted by Gasteiger charge is -2.34. The number of nitrogens with zero attached hydrogens (tertiary/aromatic N) is 2. The Morgan fingerprint density at radius 2 is 1.74 bits per heavy atom. The number of halogens is 3. The minimum atomic E-state index is -4.59. The van der Waals surface area contributed by atoms with Crippen molar-refractivity contribution in [2.75, 3.05) is 18.0 Å². The van der Waals surface area contributed by atoms with Gasteiger partial charge in [0.1, 0.15) is 6.54 Å². The zero-order valence-corrected chi connectivity index (χ0v) is 9.85. The molecule has 1 aliphatic rings. The molecule has 0 aliphatic carbocycles. The smallest absolute Gasteiger partial charge is 0.293 e. The predicted molar refractivity (Wildman–Crippen MR) is 61.6 cm³/mol. The molecule has 0 spiro atoms. The summed E-state index contributed by atoms with van der Waals surface area (Å²) in [6.45, 7) is -1.45. The SMILES string of the molecule is O=C1CCN(c2ccccc2)C(=O)N1CC(F)(F)F. The summed E-state index contributed by atoms with van der Waals surface area (Å²) in [6.07, 6.45) is -4.71. The third-order valence-electron chi connectivity index (χ3n) is 2.72. The van der Waals surface area contributed by atoms with Crippen molar-refractivity contribution in [1.29, 1.82) is 0 Å². The van der Waals surface area contributed by atoms with Crippen molar-refractivity contribution >= 4 is 17.6 Å². The van der Waals surface area contributed by atoms with Gasteiger partial charge in [-0.3, -0.25) is 14.6 Å².